The summed E-state index contributed by atoms with van der Waals surface area (Å²) in [6, 6.07) is 2.08. The molecule has 2 aliphatic rings. The molecule has 1 fully saturated rings. The molecule has 7 heteroatoms. The Morgan fingerprint density at radius 3 is 2.77 bits per heavy atom. The van der Waals surface area contributed by atoms with Crippen LogP contribution >= 0.6 is 0 Å². The number of imidazole rings is 1. The van der Waals surface area contributed by atoms with Gasteiger partial charge in [0, 0.05) is 44.8 Å². The second kappa shape index (κ2) is 5.47. The summed E-state index contributed by atoms with van der Waals surface area (Å²) in [5.74, 6) is 0.973. The summed E-state index contributed by atoms with van der Waals surface area (Å²) in [5, 5.41) is 4.21. The molecule has 116 valence electrons. The Balaban J connectivity index is 1.46. The summed E-state index contributed by atoms with van der Waals surface area (Å²) in [6.07, 6.45) is 8.03. The van der Waals surface area contributed by atoms with Crippen LogP contribution in [0, 0.1) is 0 Å². The summed E-state index contributed by atoms with van der Waals surface area (Å²) >= 11 is 0. The van der Waals surface area contributed by atoms with E-state index in [1.807, 2.05) is 26.7 Å². The molecule has 0 radical (unpaired) electrons. The topological polar surface area (TPSA) is 59.2 Å². The van der Waals surface area contributed by atoms with Crippen LogP contribution in [-0.2, 0) is 19.6 Å². The van der Waals surface area contributed by atoms with Crippen LogP contribution in [0.5, 0.6) is 0 Å². The fourth-order valence-corrected chi connectivity index (χ4v) is 3.22. The van der Waals surface area contributed by atoms with Crippen molar-refractivity contribution in [1.29, 1.82) is 0 Å². The molecular weight excluding hydrogens is 280 g/mol. The van der Waals surface area contributed by atoms with Crippen LogP contribution in [0.15, 0.2) is 24.7 Å². The standard InChI is InChI=1S/C15H20N6O/c22-15(18-5-1-2-6-18)20-9-8-19-10-13(17-14(19)12-20)11-21-7-3-4-16-21/h3-4,7,10H,1-2,5-6,8-9,11-12H2. The third-order valence-corrected chi connectivity index (χ3v) is 4.38. The third kappa shape index (κ3) is 2.47. The SMILES string of the molecule is O=C(N1CCCC1)N1CCn2cc(Cn3cccn3)nc2C1. The number of fused-ring (bicyclic) bond motifs is 1. The highest BCUT2D eigenvalue weighted by Crippen LogP contribution is 2.17. The van der Waals surface area contributed by atoms with Gasteiger partial charge in [0.2, 0.25) is 0 Å². The molecule has 22 heavy (non-hydrogen) atoms. The van der Waals surface area contributed by atoms with Gasteiger partial charge in [0.1, 0.15) is 5.82 Å². The maximum Gasteiger partial charge on any atom is 0.320 e. The van der Waals surface area contributed by atoms with Gasteiger partial charge in [-0.1, -0.05) is 0 Å². The predicted molar refractivity (Wildman–Crippen MR) is 80.2 cm³/mol. The second-order valence-electron chi connectivity index (χ2n) is 5.94. The summed E-state index contributed by atoms with van der Waals surface area (Å²) in [7, 11) is 0. The van der Waals surface area contributed by atoms with E-state index in [-0.39, 0.29) is 6.03 Å². The first-order valence-corrected chi connectivity index (χ1v) is 7.86. The Morgan fingerprint density at radius 1 is 1.14 bits per heavy atom. The molecule has 7 nitrogen and oxygen atoms in total. The van der Waals surface area contributed by atoms with E-state index in [4.69, 9.17) is 0 Å². The molecule has 0 spiro atoms. The lowest BCUT2D eigenvalue weighted by Gasteiger charge is -2.31. The average Bonchev–Trinajstić information content (AvgIpc) is 3.27. The Hall–Kier alpha value is -2.31. The number of nitrogens with zero attached hydrogens (tertiary/aromatic N) is 6. The lowest BCUT2D eigenvalue weighted by atomic mass is 10.3. The van der Waals surface area contributed by atoms with Gasteiger partial charge in [-0.3, -0.25) is 4.68 Å². The lowest BCUT2D eigenvalue weighted by molar-refractivity contribution is 0.148. The van der Waals surface area contributed by atoms with Gasteiger partial charge in [-0.05, 0) is 18.9 Å². The monoisotopic (exact) mass is 300 g/mol. The van der Waals surface area contributed by atoms with Gasteiger partial charge in [-0.15, -0.1) is 0 Å². The first-order valence-electron chi connectivity index (χ1n) is 7.86. The molecule has 2 amide bonds. The van der Waals surface area contributed by atoms with Crippen molar-refractivity contribution in [3.8, 4) is 0 Å². The van der Waals surface area contributed by atoms with Crippen LogP contribution in [0.4, 0.5) is 4.79 Å². The number of hydrogen-bond acceptors (Lipinski definition) is 3. The number of carbonyl (C=O) groups excluding carboxylic acids is 1. The first kappa shape index (κ1) is 13.4. The first-order chi connectivity index (χ1) is 10.8. The molecule has 0 saturated carbocycles. The van der Waals surface area contributed by atoms with Crippen LogP contribution < -0.4 is 0 Å². The van der Waals surface area contributed by atoms with Crippen LogP contribution in [0.2, 0.25) is 0 Å². The van der Waals surface area contributed by atoms with E-state index in [0.29, 0.717) is 13.1 Å². The molecule has 1 saturated heterocycles. The molecule has 4 heterocycles. The molecule has 0 atom stereocenters. The lowest BCUT2D eigenvalue weighted by Crippen LogP contribution is -2.45. The van der Waals surface area contributed by atoms with E-state index in [9.17, 15) is 4.79 Å². The van der Waals surface area contributed by atoms with Crippen molar-refractivity contribution in [3.05, 3.63) is 36.2 Å². The van der Waals surface area contributed by atoms with E-state index in [0.717, 1.165) is 50.5 Å². The molecule has 2 aromatic heterocycles. The Kier molecular flexibility index (Phi) is 3.32. The zero-order chi connectivity index (χ0) is 14.9. The van der Waals surface area contributed by atoms with Crippen molar-refractivity contribution < 1.29 is 4.79 Å². The van der Waals surface area contributed by atoms with E-state index in [1.165, 1.54) is 0 Å². The number of aromatic nitrogens is 4. The summed E-state index contributed by atoms with van der Waals surface area (Å²) in [4.78, 5) is 21.0. The van der Waals surface area contributed by atoms with Crippen molar-refractivity contribution in [1.82, 2.24) is 29.1 Å². The molecular formula is C15H20N6O. The van der Waals surface area contributed by atoms with Crippen molar-refractivity contribution >= 4 is 6.03 Å². The minimum absolute atomic E-state index is 0.167. The van der Waals surface area contributed by atoms with Gasteiger partial charge in [-0.2, -0.15) is 5.10 Å². The van der Waals surface area contributed by atoms with Crippen molar-refractivity contribution in [2.45, 2.75) is 32.5 Å². The highest BCUT2D eigenvalue weighted by atomic mass is 16.2. The van der Waals surface area contributed by atoms with Gasteiger partial charge >= 0.3 is 6.03 Å². The van der Waals surface area contributed by atoms with Gasteiger partial charge < -0.3 is 14.4 Å². The van der Waals surface area contributed by atoms with Crippen molar-refractivity contribution in [3.63, 3.8) is 0 Å². The quantitative estimate of drug-likeness (QED) is 0.836. The molecule has 2 aliphatic heterocycles. The average molecular weight is 300 g/mol. The predicted octanol–water partition coefficient (Wildman–Crippen LogP) is 1.16. The smallest absolute Gasteiger partial charge is 0.320 e. The van der Waals surface area contributed by atoms with Crippen molar-refractivity contribution in [2.24, 2.45) is 0 Å². The Bertz CT molecular complexity index is 656. The minimum atomic E-state index is 0.167. The van der Waals surface area contributed by atoms with E-state index >= 15 is 0 Å². The number of amides is 2. The van der Waals surface area contributed by atoms with E-state index in [2.05, 4.69) is 20.8 Å². The molecule has 2 aromatic rings. The molecule has 0 aromatic carbocycles. The number of hydrogen-bond donors (Lipinski definition) is 0. The molecule has 0 unspecified atom stereocenters. The number of likely N-dealkylation sites (tertiary alicyclic amines) is 1. The number of rotatable bonds is 2. The van der Waals surface area contributed by atoms with E-state index in [1.54, 1.807) is 6.20 Å². The van der Waals surface area contributed by atoms with Gasteiger partial charge in [0.25, 0.3) is 0 Å². The largest absolute Gasteiger partial charge is 0.331 e. The number of urea groups is 1. The second-order valence-corrected chi connectivity index (χ2v) is 5.94. The summed E-state index contributed by atoms with van der Waals surface area (Å²) in [6.45, 7) is 4.66. The third-order valence-electron chi connectivity index (χ3n) is 4.38. The summed E-state index contributed by atoms with van der Waals surface area (Å²) < 4.78 is 4.02. The fraction of sp³-hybridized carbons (Fsp3) is 0.533. The molecule has 0 bridgehead atoms. The van der Waals surface area contributed by atoms with Gasteiger partial charge in [0.05, 0.1) is 18.8 Å². The summed E-state index contributed by atoms with van der Waals surface area (Å²) in [5.41, 5.74) is 0.995. The van der Waals surface area contributed by atoms with Crippen LogP contribution in [0.1, 0.15) is 24.4 Å². The highest BCUT2D eigenvalue weighted by Gasteiger charge is 2.27. The maximum atomic E-state index is 12.5. The number of carbonyl (C=O) groups is 1. The van der Waals surface area contributed by atoms with Crippen LogP contribution in [0.25, 0.3) is 0 Å². The maximum absolute atomic E-state index is 12.5. The minimum Gasteiger partial charge on any atom is -0.331 e. The fourth-order valence-electron chi connectivity index (χ4n) is 3.22. The highest BCUT2D eigenvalue weighted by molar-refractivity contribution is 5.74. The van der Waals surface area contributed by atoms with Crippen LogP contribution in [0.3, 0.4) is 0 Å². The molecule has 0 N–H and O–H groups in total. The molecule has 4 rings (SSSR count). The Morgan fingerprint density at radius 2 is 2.00 bits per heavy atom. The molecule has 0 aliphatic carbocycles. The normalized spacial score (nSPS) is 17.8. The Labute approximate surface area is 129 Å². The zero-order valence-electron chi connectivity index (χ0n) is 12.6. The van der Waals surface area contributed by atoms with Crippen molar-refractivity contribution in [2.75, 3.05) is 19.6 Å². The van der Waals surface area contributed by atoms with E-state index < -0.39 is 0 Å². The zero-order valence-corrected chi connectivity index (χ0v) is 12.6. The van der Waals surface area contributed by atoms with Gasteiger partial charge in [-0.25, -0.2) is 9.78 Å². The van der Waals surface area contributed by atoms with Gasteiger partial charge in [0.15, 0.2) is 0 Å². The van der Waals surface area contributed by atoms with Crippen LogP contribution in [-0.4, -0.2) is 54.8 Å².